The molecule has 344 valence electrons. The standard InChI is InChI=1S/C48H100N.F6P/c1-5-9-13-17-21-25-29-33-37-41-45-49(46-42-38-34-30-26-22-18-14-10-6-2,47-43-39-35-31-27-23-19-15-11-7-3)48-44-40-36-32-28-24-20-16-12-8-4;1-7(2,3,4,5)6/h5-48H2,1-4H3;/q+1;-1. The third kappa shape index (κ3) is 56.1. The van der Waals surface area contributed by atoms with Gasteiger partial charge >= 0.3 is 33.0 Å². The summed E-state index contributed by atoms with van der Waals surface area (Å²) >= 11 is 0. The van der Waals surface area contributed by atoms with Gasteiger partial charge in [0.2, 0.25) is 0 Å². The zero-order valence-corrected chi connectivity index (χ0v) is 39.2. The predicted molar refractivity (Wildman–Crippen MR) is 241 cm³/mol. The molecule has 0 spiro atoms. The Kier molecular flexibility index (Phi) is 39.3. The van der Waals surface area contributed by atoms with E-state index in [4.69, 9.17) is 0 Å². The molecule has 56 heavy (non-hydrogen) atoms. The Morgan fingerprint density at radius 3 is 0.446 bits per heavy atom. The van der Waals surface area contributed by atoms with E-state index < -0.39 is 7.81 Å². The van der Waals surface area contributed by atoms with Crippen LogP contribution in [0.2, 0.25) is 0 Å². The Labute approximate surface area is 347 Å². The second-order valence-corrected chi connectivity index (χ2v) is 19.8. The molecular formula is C48H100F6NP. The average Bonchev–Trinajstić information content (AvgIpc) is 3.13. The van der Waals surface area contributed by atoms with E-state index in [-0.39, 0.29) is 0 Å². The molecule has 0 aromatic heterocycles. The average molecular weight is 836 g/mol. The summed E-state index contributed by atoms with van der Waals surface area (Å²) in [5.41, 5.74) is 0. The minimum absolute atomic E-state index is 1.37. The third-order valence-electron chi connectivity index (χ3n) is 11.9. The molecular weight excluding hydrogens is 735 g/mol. The maximum absolute atomic E-state index is 10.7. The molecule has 0 heterocycles. The van der Waals surface area contributed by atoms with E-state index in [1.807, 2.05) is 0 Å². The first-order chi connectivity index (χ1) is 26.7. The zero-order chi connectivity index (χ0) is 42.0. The van der Waals surface area contributed by atoms with Gasteiger partial charge < -0.3 is 4.48 Å². The number of hydrogen-bond acceptors (Lipinski definition) is 0. The zero-order valence-electron chi connectivity index (χ0n) is 38.3. The molecule has 0 N–H and O–H groups in total. The van der Waals surface area contributed by atoms with Crippen molar-refractivity contribution in [1.29, 1.82) is 0 Å². The van der Waals surface area contributed by atoms with E-state index in [2.05, 4.69) is 27.7 Å². The summed E-state index contributed by atoms with van der Waals surface area (Å²) in [5.74, 6) is 0. The van der Waals surface area contributed by atoms with Crippen molar-refractivity contribution in [1.82, 2.24) is 0 Å². The van der Waals surface area contributed by atoms with E-state index in [1.54, 1.807) is 0 Å². The van der Waals surface area contributed by atoms with Crippen molar-refractivity contribution >= 4 is 7.81 Å². The summed E-state index contributed by atoms with van der Waals surface area (Å²) in [4.78, 5) is 0. The molecule has 0 rings (SSSR count). The molecule has 0 amide bonds. The SMILES string of the molecule is CCCCCCCCCCCC[N+](CCCCCCCCCCCC)(CCCCCCCCCCCC)CCCCCCCCCCCC.F[P-](F)(F)(F)(F)F. The number of quaternary nitrogens is 1. The van der Waals surface area contributed by atoms with E-state index in [1.165, 1.54) is 287 Å². The fourth-order valence-corrected chi connectivity index (χ4v) is 8.41. The normalized spacial score (nSPS) is 13.4. The Morgan fingerprint density at radius 2 is 0.321 bits per heavy atom. The van der Waals surface area contributed by atoms with Crippen LogP contribution >= 0.6 is 7.81 Å². The topological polar surface area (TPSA) is 0 Å². The molecule has 0 bridgehead atoms. The van der Waals surface area contributed by atoms with Crippen molar-refractivity contribution < 1.29 is 29.7 Å². The number of unbranched alkanes of at least 4 members (excludes halogenated alkanes) is 36. The van der Waals surface area contributed by atoms with Crippen molar-refractivity contribution in [3.63, 3.8) is 0 Å². The third-order valence-corrected chi connectivity index (χ3v) is 11.9. The van der Waals surface area contributed by atoms with Crippen LogP contribution in [0.3, 0.4) is 0 Å². The Morgan fingerprint density at radius 1 is 0.214 bits per heavy atom. The van der Waals surface area contributed by atoms with Crippen molar-refractivity contribution in [2.75, 3.05) is 26.2 Å². The van der Waals surface area contributed by atoms with Gasteiger partial charge in [-0.15, -0.1) is 0 Å². The quantitative estimate of drug-likeness (QED) is 0.0248. The first-order valence-corrected chi connectivity index (χ1v) is 27.1. The van der Waals surface area contributed by atoms with Crippen LogP contribution in [-0.2, 0) is 0 Å². The van der Waals surface area contributed by atoms with Crippen LogP contribution in [0.5, 0.6) is 0 Å². The van der Waals surface area contributed by atoms with Gasteiger partial charge in [-0.1, -0.05) is 233 Å². The predicted octanol–water partition coefficient (Wildman–Crippen LogP) is 20.9. The van der Waals surface area contributed by atoms with E-state index >= 15 is 0 Å². The van der Waals surface area contributed by atoms with Crippen LogP contribution in [0.1, 0.15) is 285 Å². The fraction of sp³-hybridized carbons (Fsp3) is 1.00. The number of hydrogen-bond donors (Lipinski definition) is 0. The summed E-state index contributed by atoms with van der Waals surface area (Å²) in [7, 11) is -10.7. The Balaban J connectivity index is 0. The molecule has 0 radical (unpaired) electrons. The molecule has 0 aromatic carbocycles. The van der Waals surface area contributed by atoms with Gasteiger partial charge in [-0.25, -0.2) is 0 Å². The van der Waals surface area contributed by atoms with Crippen LogP contribution in [0.4, 0.5) is 25.2 Å². The van der Waals surface area contributed by atoms with Gasteiger partial charge in [0.1, 0.15) is 0 Å². The van der Waals surface area contributed by atoms with Crippen LogP contribution in [0.25, 0.3) is 0 Å². The molecule has 8 heteroatoms. The van der Waals surface area contributed by atoms with Gasteiger partial charge in [0, 0.05) is 0 Å². The van der Waals surface area contributed by atoms with Gasteiger partial charge in [0.05, 0.1) is 26.2 Å². The molecule has 0 fully saturated rings. The van der Waals surface area contributed by atoms with E-state index in [0.717, 1.165) is 0 Å². The molecule has 0 aliphatic carbocycles. The molecule has 0 aromatic rings. The summed E-state index contributed by atoms with van der Waals surface area (Å²) in [5, 5.41) is 0. The van der Waals surface area contributed by atoms with Crippen molar-refractivity contribution in [2.24, 2.45) is 0 Å². The van der Waals surface area contributed by atoms with E-state index in [0.29, 0.717) is 0 Å². The van der Waals surface area contributed by atoms with Gasteiger partial charge in [0.25, 0.3) is 0 Å². The molecule has 0 saturated heterocycles. The second kappa shape index (κ2) is 37.9. The van der Waals surface area contributed by atoms with Crippen molar-refractivity contribution in [3.8, 4) is 0 Å². The number of halogens is 6. The van der Waals surface area contributed by atoms with E-state index in [9.17, 15) is 25.2 Å². The van der Waals surface area contributed by atoms with Crippen LogP contribution in [-0.4, -0.2) is 30.7 Å². The van der Waals surface area contributed by atoms with Gasteiger partial charge in [0.15, 0.2) is 0 Å². The van der Waals surface area contributed by atoms with Crippen molar-refractivity contribution in [2.45, 2.75) is 285 Å². The van der Waals surface area contributed by atoms with Crippen molar-refractivity contribution in [3.05, 3.63) is 0 Å². The Hall–Kier alpha value is -0.0300. The second-order valence-electron chi connectivity index (χ2n) is 17.9. The number of nitrogens with zero attached hydrogens (tertiary/aromatic N) is 1. The maximum atomic E-state index is 9.87. The first kappa shape index (κ1) is 58.1. The van der Waals surface area contributed by atoms with Crippen LogP contribution in [0, 0.1) is 0 Å². The van der Waals surface area contributed by atoms with Gasteiger partial charge in [-0.3, -0.25) is 0 Å². The summed E-state index contributed by atoms with van der Waals surface area (Å²) in [6.07, 6.45) is 58.7. The monoisotopic (exact) mass is 836 g/mol. The summed E-state index contributed by atoms with van der Waals surface area (Å²) in [6.45, 7) is 15.3. The Bertz CT molecular complexity index is 662. The first-order valence-electron chi connectivity index (χ1n) is 25.1. The molecule has 0 saturated carbocycles. The molecule has 0 atom stereocenters. The summed E-state index contributed by atoms with van der Waals surface area (Å²) < 4.78 is 60.7. The molecule has 0 aliphatic rings. The molecule has 0 aliphatic heterocycles. The minimum atomic E-state index is -10.7. The van der Waals surface area contributed by atoms with Gasteiger partial charge in [-0.2, -0.15) is 0 Å². The molecule has 1 nitrogen and oxygen atoms in total. The summed E-state index contributed by atoms with van der Waals surface area (Å²) in [6, 6.07) is 0. The number of rotatable bonds is 44. The fourth-order valence-electron chi connectivity index (χ4n) is 8.41. The van der Waals surface area contributed by atoms with Gasteiger partial charge in [-0.05, 0) is 51.4 Å². The van der Waals surface area contributed by atoms with Crippen LogP contribution < -0.4 is 0 Å². The van der Waals surface area contributed by atoms with Crippen LogP contribution in [0.15, 0.2) is 0 Å². The molecule has 0 unspecified atom stereocenters.